The molecule has 58 valence electrons. The van der Waals surface area contributed by atoms with E-state index >= 15 is 0 Å². The second kappa shape index (κ2) is 3.74. The van der Waals surface area contributed by atoms with E-state index in [1.807, 2.05) is 0 Å². The third-order valence-corrected chi connectivity index (χ3v) is 1.99. The van der Waals surface area contributed by atoms with Gasteiger partial charge in [0, 0.05) is 0 Å². The summed E-state index contributed by atoms with van der Waals surface area (Å²) < 4.78 is 5.32. The molecule has 2 heteroatoms. The Kier molecular flexibility index (Phi) is 2.90. The topological polar surface area (TPSA) is 35.2 Å². The second-order valence-electron chi connectivity index (χ2n) is 2.79. The summed E-state index contributed by atoms with van der Waals surface area (Å²) in [6, 6.07) is 0. The predicted molar refractivity (Wildman–Crippen MR) is 41.5 cm³/mol. The Labute approximate surface area is 62.1 Å². The van der Waals surface area contributed by atoms with Crippen molar-refractivity contribution in [2.45, 2.75) is 25.9 Å². The summed E-state index contributed by atoms with van der Waals surface area (Å²) in [5.41, 5.74) is 5.28. The first-order valence-corrected chi connectivity index (χ1v) is 3.81. The maximum Gasteiger partial charge on any atom is 0.0944 e. The van der Waals surface area contributed by atoms with Crippen molar-refractivity contribution in [2.24, 2.45) is 11.7 Å². The second-order valence-corrected chi connectivity index (χ2v) is 2.79. The molecule has 1 aliphatic rings. The molecule has 2 N–H and O–H groups in total. The van der Waals surface area contributed by atoms with Crippen molar-refractivity contribution in [1.82, 2.24) is 0 Å². The SMILES string of the molecule is CC1CC=CC[C@H]1OCN. The van der Waals surface area contributed by atoms with Gasteiger partial charge in [0.1, 0.15) is 0 Å². The highest BCUT2D eigenvalue weighted by molar-refractivity contribution is 4.93. The fourth-order valence-electron chi connectivity index (χ4n) is 1.28. The quantitative estimate of drug-likeness (QED) is 0.464. The number of ether oxygens (including phenoxy) is 1. The molecule has 0 aromatic heterocycles. The van der Waals surface area contributed by atoms with E-state index in [1.54, 1.807) is 0 Å². The van der Waals surface area contributed by atoms with E-state index in [1.165, 1.54) is 0 Å². The maximum atomic E-state index is 5.32. The fourth-order valence-corrected chi connectivity index (χ4v) is 1.28. The van der Waals surface area contributed by atoms with Gasteiger partial charge in [-0.25, -0.2) is 0 Å². The Balaban J connectivity index is 2.35. The Morgan fingerprint density at radius 2 is 2.20 bits per heavy atom. The van der Waals surface area contributed by atoms with Crippen LogP contribution in [-0.2, 0) is 4.74 Å². The van der Waals surface area contributed by atoms with Crippen LogP contribution in [-0.4, -0.2) is 12.8 Å². The zero-order chi connectivity index (χ0) is 7.40. The van der Waals surface area contributed by atoms with Gasteiger partial charge in [-0.15, -0.1) is 0 Å². The zero-order valence-corrected chi connectivity index (χ0v) is 6.42. The van der Waals surface area contributed by atoms with Crippen molar-refractivity contribution in [3.05, 3.63) is 12.2 Å². The maximum absolute atomic E-state index is 5.32. The van der Waals surface area contributed by atoms with Gasteiger partial charge < -0.3 is 10.5 Å². The molecule has 1 unspecified atom stereocenters. The molecule has 0 saturated heterocycles. The first-order chi connectivity index (χ1) is 4.84. The van der Waals surface area contributed by atoms with Gasteiger partial charge in [0.2, 0.25) is 0 Å². The van der Waals surface area contributed by atoms with Crippen molar-refractivity contribution in [2.75, 3.05) is 6.73 Å². The van der Waals surface area contributed by atoms with E-state index in [2.05, 4.69) is 19.1 Å². The highest BCUT2D eigenvalue weighted by atomic mass is 16.5. The highest BCUT2D eigenvalue weighted by Gasteiger charge is 2.17. The van der Waals surface area contributed by atoms with Crippen molar-refractivity contribution in [3.8, 4) is 0 Å². The Morgan fingerprint density at radius 3 is 2.80 bits per heavy atom. The molecule has 2 nitrogen and oxygen atoms in total. The molecule has 0 spiro atoms. The lowest BCUT2D eigenvalue weighted by atomic mass is 9.93. The lowest BCUT2D eigenvalue weighted by molar-refractivity contribution is 0.0208. The van der Waals surface area contributed by atoms with Crippen molar-refractivity contribution in [3.63, 3.8) is 0 Å². The lowest BCUT2D eigenvalue weighted by Gasteiger charge is -2.24. The number of hydrogen-bond donors (Lipinski definition) is 1. The third kappa shape index (κ3) is 1.82. The minimum absolute atomic E-state index is 0.350. The summed E-state index contributed by atoms with van der Waals surface area (Å²) in [5, 5.41) is 0. The van der Waals surface area contributed by atoms with Crippen molar-refractivity contribution in [1.29, 1.82) is 0 Å². The smallest absolute Gasteiger partial charge is 0.0944 e. The highest BCUT2D eigenvalue weighted by Crippen LogP contribution is 2.20. The molecule has 0 bridgehead atoms. The normalized spacial score (nSPS) is 32.6. The Hall–Kier alpha value is -0.340. The number of allylic oxidation sites excluding steroid dienone is 1. The van der Waals surface area contributed by atoms with Crippen LogP contribution in [0.15, 0.2) is 12.2 Å². The molecule has 2 atom stereocenters. The van der Waals surface area contributed by atoms with Gasteiger partial charge in [0.25, 0.3) is 0 Å². The molecule has 1 rings (SSSR count). The van der Waals surface area contributed by atoms with Crippen LogP contribution in [0.25, 0.3) is 0 Å². The molecule has 1 aliphatic carbocycles. The summed E-state index contributed by atoms with van der Waals surface area (Å²) in [4.78, 5) is 0. The van der Waals surface area contributed by atoms with Crippen LogP contribution in [0.4, 0.5) is 0 Å². The summed E-state index contributed by atoms with van der Waals surface area (Å²) >= 11 is 0. The van der Waals surface area contributed by atoms with E-state index in [0.29, 0.717) is 18.8 Å². The van der Waals surface area contributed by atoms with E-state index < -0.39 is 0 Å². The molecular formula is C8H15NO. The van der Waals surface area contributed by atoms with Crippen LogP contribution in [0.3, 0.4) is 0 Å². The minimum Gasteiger partial charge on any atom is -0.363 e. The number of nitrogens with two attached hydrogens (primary N) is 1. The monoisotopic (exact) mass is 141 g/mol. The Morgan fingerprint density at radius 1 is 1.50 bits per heavy atom. The molecular weight excluding hydrogens is 126 g/mol. The Bertz CT molecular complexity index is 122. The number of rotatable bonds is 2. The summed E-state index contributed by atoms with van der Waals surface area (Å²) in [6.07, 6.45) is 6.89. The molecule has 0 aliphatic heterocycles. The van der Waals surface area contributed by atoms with Gasteiger partial charge >= 0.3 is 0 Å². The van der Waals surface area contributed by atoms with E-state index in [-0.39, 0.29) is 0 Å². The zero-order valence-electron chi connectivity index (χ0n) is 6.42. The molecule has 0 fully saturated rings. The van der Waals surface area contributed by atoms with Gasteiger partial charge in [-0.05, 0) is 18.8 Å². The van der Waals surface area contributed by atoms with Crippen LogP contribution >= 0.6 is 0 Å². The van der Waals surface area contributed by atoms with Crippen LogP contribution in [0, 0.1) is 5.92 Å². The predicted octanol–water partition coefficient (Wildman–Crippen LogP) is 1.27. The van der Waals surface area contributed by atoms with Gasteiger partial charge in [0.15, 0.2) is 0 Å². The van der Waals surface area contributed by atoms with Crippen LogP contribution in [0.2, 0.25) is 0 Å². The van der Waals surface area contributed by atoms with E-state index in [4.69, 9.17) is 10.5 Å². The van der Waals surface area contributed by atoms with Gasteiger partial charge in [-0.2, -0.15) is 0 Å². The summed E-state index contributed by atoms with van der Waals surface area (Å²) in [5.74, 6) is 0.633. The van der Waals surface area contributed by atoms with E-state index in [0.717, 1.165) is 12.8 Å². The van der Waals surface area contributed by atoms with Crippen molar-refractivity contribution < 1.29 is 4.74 Å². The minimum atomic E-state index is 0.350. The van der Waals surface area contributed by atoms with E-state index in [9.17, 15) is 0 Å². The van der Waals surface area contributed by atoms with Gasteiger partial charge in [0.05, 0.1) is 12.8 Å². The molecule has 0 aromatic rings. The molecule has 0 aromatic carbocycles. The lowest BCUT2D eigenvalue weighted by Crippen LogP contribution is -2.25. The van der Waals surface area contributed by atoms with Gasteiger partial charge in [-0.3, -0.25) is 0 Å². The van der Waals surface area contributed by atoms with Gasteiger partial charge in [-0.1, -0.05) is 19.1 Å². The van der Waals surface area contributed by atoms with Crippen LogP contribution in [0.1, 0.15) is 19.8 Å². The van der Waals surface area contributed by atoms with Crippen LogP contribution < -0.4 is 5.73 Å². The average Bonchev–Trinajstić information content (AvgIpc) is 1.94. The largest absolute Gasteiger partial charge is 0.363 e. The fraction of sp³-hybridized carbons (Fsp3) is 0.750. The van der Waals surface area contributed by atoms with Crippen LogP contribution in [0.5, 0.6) is 0 Å². The molecule has 0 saturated carbocycles. The average molecular weight is 141 g/mol. The number of hydrogen-bond acceptors (Lipinski definition) is 2. The molecule has 0 amide bonds. The third-order valence-electron chi connectivity index (χ3n) is 1.99. The molecule has 10 heavy (non-hydrogen) atoms. The summed E-state index contributed by atoms with van der Waals surface area (Å²) in [6.45, 7) is 2.55. The first kappa shape index (κ1) is 7.76. The standard InChI is InChI=1S/C8H15NO/c1-7-4-2-3-5-8(7)10-6-9/h2-3,7-8H,4-6,9H2,1H3/t7?,8-/m1/s1. The molecule has 0 radical (unpaired) electrons. The molecule has 0 heterocycles. The summed E-state index contributed by atoms with van der Waals surface area (Å²) in [7, 11) is 0. The first-order valence-electron chi connectivity index (χ1n) is 3.81. The van der Waals surface area contributed by atoms with Crippen molar-refractivity contribution >= 4 is 0 Å².